The highest BCUT2D eigenvalue weighted by Crippen LogP contribution is 2.53. The third-order valence-electron chi connectivity index (χ3n) is 5.49. The van der Waals surface area contributed by atoms with Crippen LogP contribution < -0.4 is 5.32 Å². The van der Waals surface area contributed by atoms with Crippen molar-refractivity contribution < 1.29 is 9.84 Å². The van der Waals surface area contributed by atoms with Crippen molar-refractivity contribution in [3.63, 3.8) is 0 Å². The van der Waals surface area contributed by atoms with Crippen molar-refractivity contribution >= 4 is 0 Å². The van der Waals surface area contributed by atoms with Crippen LogP contribution in [0.4, 0.5) is 0 Å². The molecule has 0 heterocycles. The van der Waals surface area contributed by atoms with Gasteiger partial charge in [-0.2, -0.15) is 0 Å². The zero-order chi connectivity index (χ0) is 12.6. The average molecular weight is 253 g/mol. The Morgan fingerprint density at radius 1 is 1.17 bits per heavy atom. The standard InChI is InChI=1S/C15H27NO2/c1-2-18-14-10-13(16-11-8-12(17)9-11)15(14)6-4-3-5-7-15/h11-14,16-17H,2-10H2,1H3. The van der Waals surface area contributed by atoms with Gasteiger partial charge in [-0.05, 0) is 39.0 Å². The fourth-order valence-electron chi connectivity index (χ4n) is 4.31. The lowest BCUT2D eigenvalue weighted by molar-refractivity contribution is -0.155. The minimum atomic E-state index is -0.0485. The Labute approximate surface area is 110 Å². The zero-order valence-corrected chi connectivity index (χ0v) is 11.5. The Morgan fingerprint density at radius 2 is 1.89 bits per heavy atom. The second kappa shape index (κ2) is 5.10. The van der Waals surface area contributed by atoms with Gasteiger partial charge in [0.15, 0.2) is 0 Å². The molecule has 3 heteroatoms. The van der Waals surface area contributed by atoms with E-state index >= 15 is 0 Å². The summed E-state index contributed by atoms with van der Waals surface area (Å²) in [5, 5.41) is 13.2. The molecular weight excluding hydrogens is 226 g/mol. The van der Waals surface area contributed by atoms with Crippen LogP contribution in [0, 0.1) is 5.41 Å². The highest BCUT2D eigenvalue weighted by molar-refractivity contribution is 5.10. The van der Waals surface area contributed by atoms with E-state index in [1.807, 2.05) is 0 Å². The minimum Gasteiger partial charge on any atom is -0.393 e. The predicted octanol–water partition coefficient (Wildman–Crippen LogP) is 2.23. The van der Waals surface area contributed by atoms with Crippen LogP contribution >= 0.6 is 0 Å². The highest BCUT2D eigenvalue weighted by atomic mass is 16.5. The third-order valence-corrected chi connectivity index (χ3v) is 5.49. The largest absolute Gasteiger partial charge is 0.393 e. The summed E-state index contributed by atoms with van der Waals surface area (Å²) in [4.78, 5) is 0. The van der Waals surface area contributed by atoms with Gasteiger partial charge >= 0.3 is 0 Å². The normalized spacial score (nSPS) is 42.3. The first-order valence-corrected chi connectivity index (χ1v) is 7.80. The molecule has 2 N–H and O–H groups in total. The van der Waals surface area contributed by atoms with Crippen LogP contribution in [0.25, 0.3) is 0 Å². The molecule has 104 valence electrons. The summed E-state index contributed by atoms with van der Waals surface area (Å²) in [6, 6.07) is 1.21. The molecule has 0 aromatic rings. The molecule has 2 atom stereocenters. The van der Waals surface area contributed by atoms with Gasteiger partial charge in [-0.3, -0.25) is 0 Å². The Morgan fingerprint density at radius 3 is 2.50 bits per heavy atom. The Balaban J connectivity index is 1.60. The summed E-state index contributed by atoms with van der Waals surface area (Å²) in [7, 11) is 0. The maximum Gasteiger partial charge on any atom is 0.0661 e. The number of rotatable bonds is 4. The van der Waals surface area contributed by atoms with Crippen LogP contribution in [-0.2, 0) is 4.74 Å². The monoisotopic (exact) mass is 253 g/mol. The number of ether oxygens (including phenoxy) is 1. The van der Waals surface area contributed by atoms with E-state index in [-0.39, 0.29) is 6.10 Å². The van der Waals surface area contributed by atoms with Gasteiger partial charge in [0, 0.05) is 24.1 Å². The van der Waals surface area contributed by atoms with E-state index in [0.29, 0.717) is 23.6 Å². The van der Waals surface area contributed by atoms with E-state index in [2.05, 4.69) is 12.2 Å². The molecule has 2 unspecified atom stereocenters. The van der Waals surface area contributed by atoms with E-state index in [1.165, 1.54) is 38.5 Å². The first-order chi connectivity index (χ1) is 8.74. The quantitative estimate of drug-likeness (QED) is 0.807. The van der Waals surface area contributed by atoms with Crippen molar-refractivity contribution in [2.24, 2.45) is 5.41 Å². The zero-order valence-electron chi connectivity index (χ0n) is 11.5. The van der Waals surface area contributed by atoms with E-state index in [0.717, 1.165) is 19.4 Å². The molecule has 0 aromatic carbocycles. The van der Waals surface area contributed by atoms with E-state index < -0.39 is 0 Å². The van der Waals surface area contributed by atoms with Crippen LogP contribution in [0.3, 0.4) is 0 Å². The Bertz CT molecular complexity index is 282. The van der Waals surface area contributed by atoms with E-state index in [4.69, 9.17) is 4.74 Å². The molecule has 3 rings (SSSR count). The van der Waals surface area contributed by atoms with Crippen molar-refractivity contribution in [1.29, 1.82) is 0 Å². The van der Waals surface area contributed by atoms with Crippen molar-refractivity contribution in [1.82, 2.24) is 5.32 Å². The first-order valence-electron chi connectivity index (χ1n) is 7.80. The molecule has 3 fully saturated rings. The van der Waals surface area contributed by atoms with Crippen LogP contribution in [0.1, 0.15) is 58.3 Å². The van der Waals surface area contributed by atoms with Gasteiger partial charge in [-0.25, -0.2) is 0 Å². The van der Waals surface area contributed by atoms with Crippen LogP contribution in [0.15, 0.2) is 0 Å². The SMILES string of the molecule is CCOC1CC(NC2CC(O)C2)C12CCCCC2. The van der Waals surface area contributed by atoms with Gasteiger partial charge in [0.1, 0.15) is 0 Å². The summed E-state index contributed by atoms with van der Waals surface area (Å²) >= 11 is 0. The number of aliphatic hydroxyl groups is 1. The lowest BCUT2D eigenvalue weighted by Crippen LogP contribution is -2.67. The molecule has 3 aliphatic carbocycles. The molecule has 3 aliphatic rings. The van der Waals surface area contributed by atoms with Crippen LogP contribution in [-0.4, -0.2) is 36.0 Å². The van der Waals surface area contributed by atoms with Crippen molar-refractivity contribution in [3.05, 3.63) is 0 Å². The second-order valence-corrected chi connectivity index (χ2v) is 6.51. The molecule has 3 saturated carbocycles. The molecule has 0 saturated heterocycles. The molecule has 1 spiro atoms. The number of hydrogen-bond donors (Lipinski definition) is 2. The molecular formula is C15H27NO2. The van der Waals surface area contributed by atoms with Crippen molar-refractivity contribution in [2.45, 2.75) is 82.6 Å². The third kappa shape index (κ3) is 2.10. The average Bonchev–Trinajstić information content (AvgIpc) is 2.36. The Hall–Kier alpha value is -0.120. The fourth-order valence-corrected chi connectivity index (χ4v) is 4.31. The van der Waals surface area contributed by atoms with Crippen LogP contribution in [0.2, 0.25) is 0 Å². The molecule has 0 radical (unpaired) electrons. The number of aliphatic hydroxyl groups excluding tert-OH is 1. The Kier molecular flexibility index (Phi) is 3.65. The maximum atomic E-state index is 9.40. The second-order valence-electron chi connectivity index (χ2n) is 6.51. The minimum absolute atomic E-state index is 0.0485. The molecule has 0 bridgehead atoms. The first kappa shape index (κ1) is 12.9. The van der Waals surface area contributed by atoms with Gasteiger partial charge in [0.25, 0.3) is 0 Å². The van der Waals surface area contributed by atoms with Crippen molar-refractivity contribution in [3.8, 4) is 0 Å². The van der Waals surface area contributed by atoms with Gasteiger partial charge in [-0.1, -0.05) is 19.3 Å². The summed E-state index contributed by atoms with van der Waals surface area (Å²) in [5.41, 5.74) is 0.425. The highest BCUT2D eigenvalue weighted by Gasteiger charge is 2.56. The summed E-state index contributed by atoms with van der Waals surface area (Å²) in [6.07, 6.45) is 10.3. The molecule has 18 heavy (non-hydrogen) atoms. The fraction of sp³-hybridized carbons (Fsp3) is 1.00. The lowest BCUT2D eigenvalue weighted by Gasteiger charge is -2.59. The molecule has 3 nitrogen and oxygen atoms in total. The smallest absolute Gasteiger partial charge is 0.0661 e. The summed E-state index contributed by atoms with van der Waals surface area (Å²) in [6.45, 7) is 2.96. The van der Waals surface area contributed by atoms with Gasteiger partial charge in [-0.15, -0.1) is 0 Å². The van der Waals surface area contributed by atoms with E-state index in [9.17, 15) is 5.11 Å². The van der Waals surface area contributed by atoms with Crippen LogP contribution in [0.5, 0.6) is 0 Å². The molecule has 0 aliphatic heterocycles. The summed E-state index contributed by atoms with van der Waals surface area (Å²) < 4.78 is 5.97. The lowest BCUT2D eigenvalue weighted by atomic mass is 9.55. The molecule has 0 aromatic heterocycles. The number of nitrogens with one attached hydrogen (secondary N) is 1. The van der Waals surface area contributed by atoms with Gasteiger partial charge in [0.05, 0.1) is 12.2 Å². The summed E-state index contributed by atoms with van der Waals surface area (Å²) in [5.74, 6) is 0. The predicted molar refractivity (Wildman–Crippen MR) is 71.5 cm³/mol. The topological polar surface area (TPSA) is 41.5 Å². The maximum absolute atomic E-state index is 9.40. The number of hydrogen-bond acceptors (Lipinski definition) is 3. The van der Waals surface area contributed by atoms with Gasteiger partial charge in [0.2, 0.25) is 0 Å². The van der Waals surface area contributed by atoms with Crippen molar-refractivity contribution in [2.75, 3.05) is 6.61 Å². The van der Waals surface area contributed by atoms with Gasteiger partial charge < -0.3 is 15.2 Å². The van der Waals surface area contributed by atoms with E-state index in [1.54, 1.807) is 0 Å². The molecule has 0 amide bonds.